The summed E-state index contributed by atoms with van der Waals surface area (Å²) in [6.07, 6.45) is 0.913. The van der Waals surface area contributed by atoms with Crippen molar-refractivity contribution in [3.63, 3.8) is 0 Å². The molecule has 6 nitrogen and oxygen atoms in total. The molecule has 0 aliphatic carbocycles. The third-order valence-corrected chi connectivity index (χ3v) is 4.77. The van der Waals surface area contributed by atoms with E-state index < -0.39 is 0 Å². The molecule has 0 fully saturated rings. The standard InChI is InChI=1S/C16H21ClN4O2S/c1-4-9-18-15(22)11(2)24-16-20-19-14(21(16)3)10-23-13-8-6-5-7-12(13)17/h5-8,11H,4,9-10H2,1-3H3,(H,18,22). The Balaban J connectivity index is 1.95. The van der Waals surface area contributed by atoms with Crippen LogP contribution in [0.25, 0.3) is 0 Å². The Kier molecular flexibility index (Phi) is 6.93. The molecule has 1 unspecified atom stereocenters. The van der Waals surface area contributed by atoms with Gasteiger partial charge < -0.3 is 14.6 Å². The van der Waals surface area contributed by atoms with Crippen LogP contribution in [0.5, 0.6) is 5.75 Å². The van der Waals surface area contributed by atoms with Gasteiger partial charge in [0, 0.05) is 13.6 Å². The Bertz CT molecular complexity index is 692. The molecular formula is C16H21ClN4O2S. The largest absolute Gasteiger partial charge is 0.484 e. The number of halogens is 1. The summed E-state index contributed by atoms with van der Waals surface area (Å²) >= 11 is 7.43. The Morgan fingerprint density at radius 1 is 1.42 bits per heavy atom. The van der Waals surface area contributed by atoms with Gasteiger partial charge in [-0.25, -0.2) is 0 Å². The van der Waals surface area contributed by atoms with Crippen molar-refractivity contribution in [3.05, 3.63) is 35.1 Å². The van der Waals surface area contributed by atoms with E-state index in [0.717, 1.165) is 6.42 Å². The quantitative estimate of drug-likeness (QED) is 0.725. The monoisotopic (exact) mass is 368 g/mol. The fourth-order valence-corrected chi connectivity index (χ4v) is 2.93. The van der Waals surface area contributed by atoms with Crippen LogP contribution in [0.2, 0.25) is 5.02 Å². The van der Waals surface area contributed by atoms with Crippen LogP contribution in [0, 0.1) is 0 Å². The molecule has 1 aromatic heterocycles. The first-order chi connectivity index (χ1) is 11.5. The van der Waals surface area contributed by atoms with Gasteiger partial charge in [0.05, 0.1) is 10.3 Å². The van der Waals surface area contributed by atoms with E-state index in [1.165, 1.54) is 11.8 Å². The molecule has 0 aliphatic rings. The second-order valence-electron chi connectivity index (χ2n) is 5.23. The number of nitrogens with zero attached hydrogens (tertiary/aromatic N) is 3. The average molecular weight is 369 g/mol. The molecule has 1 atom stereocenters. The normalized spacial score (nSPS) is 12.0. The Labute approximate surface area is 150 Å². The molecule has 24 heavy (non-hydrogen) atoms. The zero-order chi connectivity index (χ0) is 17.5. The molecule has 2 rings (SSSR count). The number of nitrogens with one attached hydrogen (secondary N) is 1. The predicted octanol–water partition coefficient (Wildman–Crippen LogP) is 3.05. The molecule has 0 bridgehead atoms. The van der Waals surface area contributed by atoms with Gasteiger partial charge in [0.15, 0.2) is 11.0 Å². The lowest BCUT2D eigenvalue weighted by Gasteiger charge is -2.11. The molecule has 1 heterocycles. The average Bonchev–Trinajstić information content (AvgIpc) is 2.92. The van der Waals surface area contributed by atoms with Crippen molar-refractivity contribution in [1.82, 2.24) is 20.1 Å². The number of para-hydroxylation sites is 1. The summed E-state index contributed by atoms with van der Waals surface area (Å²) in [5.41, 5.74) is 0. The van der Waals surface area contributed by atoms with Crippen LogP contribution >= 0.6 is 23.4 Å². The van der Waals surface area contributed by atoms with Crippen LogP contribution in [0.15, 0.2) is 29.4 Å². The van der Waals surface area contributed by atoms with Crippen LogP contribution in [0.3, 0.4) is 0 Å². The first-order valence-electron chi connectivity index (χ1n) is 7.72. The number of thioether (sulfide) groups is 1. The molecule has 0 saturated heterocycles. The third-order valence-electron chi connectivity index (χ3n) is 3.32. The summed E-state index contributed by atoms with van der Waals surface area (Å²) in [6, 6.07) is 7.27. The molecular weight excluding hydrogens is 348 g/mol. The number of aromatic nitrogens is 3. The van der Waals surface area contributed by atoms with Gasteiger partial charge in [-0.05, 0) is 25.5 Å². The molecule has 0 radical (unpaired) electrons. The second-order valence-corrected chi connectivity index (χ2v) is 6.94. The van der Waals surface area contributed by atoms with E-state index in [0.29, 0.717) is 28.3 Å². The van der Waals surface area contributed by atoms with Crippen molar-refractivity contribution < 1.29 is 9.53 Å². The maximum atomic E-state index is 11.9. The predicted molar refractivity (Wildman–Crippen MR) is 95.4 cm³/mol. The van der Waals surface area contributed by atoms with E-state index in [4.69, 9.17) is 16.3 Å². The molecule has 1 N–H and O–H groups in total. The van der Waals surface area contributed by atoms with E-state index in [9.17, 15) is 4.79 Å². The summed E-state index contributed by atoms with van der Waals surface area (Å²) in [7, 11) is 1.85. The Hall–Kier alpha value is -1.73. The SMILES string of the molecule is CCCNC(=O)C(C)Sc1nnc(COc2ccccc2Cl)n1C. The lowest BCUT2D eigenvalue weighted by Crippen LogP contribution is -2.31. The molecule has 0 saturated carbocycles. The molecule has 8 heteroatoms. The van der Waals surface area contributed by atoms with Crippen molar-refractivity contribution in [3.8, 4) is 5.75 Å². The molecule has 1 amide bonds. The molecule has 0 aliphatic heterocycles. The van der Waals surface area contributed by atoms with Gasteiger partial charge in [-0.15, -0.1) is 10.2 Å². The molecule has 0 spiro atoms. The number of benzene rings is 1. The number of hydrogen-bond donors (Lipinski definition) is 1. The number of ether oxygens (including phenoxy) is 1. The zero-order valence-corrected chi connectivity index (χ0v) is 15.5. The van der Waals surface area contributed by atoms with Gasteiger partial charge in [0.1, 0.15) is 12.4 Å². The lowest BCUT2D eigenvalue weighted by molar-refractivity contribution is -0.120. The number of carbonyl (C=O) groups is 1. The van der Waals surface area contributed by atoms with E-state index in [1.54, 1.807) is 12.1 Å². The highest BCUT2D eigenvalue weighted by Gasteiger charge is 2.18. The minimum Gasteiger partial charge on any atom is -0.484 e. The van der Waals surface area contributed by atoms with Gasteiger partial charge in [-0.2, -0.15) is 0 Å². The molecule has 130 valence electrons. The summed E-state index contributed by atoms with van der Waals surface area (Å²) in [6.45, 7) is 4.81. The van der Waals surface area contributed by atoms with Crippen LogP contribution in [0.1, 0.15) is 26.1 Å². The highest BCUT2D eigenvalue weighted by molar-refractivity contribution is 8.00. The van der Waals surface area contributed by atoms with Crippen molar-refractivity contribution in [2.24, 2.45) is 7.05 Å². The van der Waals surface area contributed by atoms with Crippen LogP contribution in [-0.2, 0) is 18.4 Å². The molecule has 2 aromatic rings. The van der Waals surface area contributed by atoms with E-state index in [2.05, 4.69) is 15.5 Å². The second kappa shape index (κ2) is 8.94. The van der Waals surface area contributed by atoms with Gasteiger partial charge in [0.2, 0.25) is 5.91 Å². The van der Waals surface area contributed by atoms with Crippen molar-refractivity contribution in [2.75, 3.05) is 6.54 Å². The van der Waals surface area contributed by atoms with E-state index in [-0.39, 0.29) is 17.8 Å². The number of hydrogen-bond acceptors (Lipinski definition) is 5. The van der Waals surface area contributed by atoms with E-state index >= 15 is 0 Å². The first kappa shape index (κ1) is 18.6. The maximum absolute atomic E-state index is 11.9. The smallest absolute Gasteiger partial charge is 0.233 e. The zero-order valence-electron chi connectivity index (χ0n) is 14.0. The number of carbonyl (C=O) groups excluding carboxylic acids is 1. The number of amides is 1. The van der Waals surface area contributed by atoms with Crippen molar-refractivity contribution >= 4 is 29.3 Å². The van der Waals surface area contributed by atoms with Crippen LogP contribution in [0.4, 0.5) is 0 Å². The lowest BCUT2D eigenvalue weighted by atomic mass is 10.3. The maximum Gasteiger partial charge on any atom is 0.233 e. The minimum atomic E-state index is -0.239. The van der Waals surface area contributed by atoms with Gasteiger partial charge in [-0.1, -0.05) is 42.4 Å². The van der Waals surface area contributed by atoms with E-state index in [1.807, 2.05) is 37.6 Å². The molecule has 1 aromatic carbocycles. The Morgan fingerprint density at radius 3 is 2.88 bits per heavy atom. The van der Waals surface area contributed by atoms with Crippen LogP contribution in [-0.4, -0.2) is 32.5 Å². The fourth-order valence-electron chi connectivity index (χ4n) is 1.88. The van der Waals surface area contributed by atoms with Gasteiger partial charge in [-0.3, -0.25) is 4.79 Å². The highest BCUT2D eigenvalue weighted by atomic mass is 35.5. The summed E-state index contributed by atoms with van der Waals surface area (Å²) in [4.78, 5) is 11.9. The summed E-state index contributed by atoms with van der Waals surface area (Å²) < 4.78 is 7.50. The van der Waals surface area contributed by atoms with Crippen molar-refractivity contribution in [2.45, 2.75) is 37.3 Å². The highest BCUT2D eigenvalue weighted by Crippen LogP contribution is 2.25. The van der Waals surface area contributed by atoms with Gasteiger partial charge in [0.25, 0.3) is 0 Å². The summed E-state index contributed by atoms with van der Waals surface area (Å²) in [5, 5.41) is 12.1. The van der Waals surface area contributed by atoms with Crippen molar-refractivity contribution in [1.29, 1.82) is 0 Å². The summed E-state index contributed by atoms with van der Waals surface area (Å²) in [5.74, 6) is 1.26. The van der Waals surface area contributed by atoms with Crippen LogP contribution < -0.4 is 10.1 Å². The third kappa shape index (κ3) is 4.88. The number of rotatable bonds is 8. The first-order valence-corrected chi connectivity index (χ1v) is 8.98. The van der Waals surface area contributed by atoms with Gasteiger partial charge >= 0.3 is 0 Å². The topological polar surface area (TPSA) is 69.0 Å². The fraction of sp³-hybridized carbons (Fsp3) is 0.438. The Morgan fingerprint density at radius 2 is 2.17 bits per heavy atom. The minimum absolute atomic E-state index is 0.00119.